The molecule has 0 aliphatic heterocycles. The van der Waals surface area contributed by atoms with Crippen LogP contribution in [0.2, 0.25) is 0 Å². The maximum absolute atomic E-state index is 7.12. The predicted octanol–water partition coefficient (Wildman–Crippen LogP) is 3.36. The summed E-state index contributed by atoms with van der Waals surface area (Å²) in [6, 6.07) is 15.6. The summed E-state index contributed by atoms with van der Waals surface area (Å²) in [4.78, 5) is 3.51. The highest BCUT2D eigenvalue weighted by molar-refractivity contribution is 5.78. The van der Waals surface area contributed by atoms with E-state index in [9.17, 15) is 0 Å². The van der Waals surface area contributed by atoms with E-state index < -0.39 is 0 Å². The monoisotopic (exact) mass is 208 g/mol. The fraction of sp³-hybridized carbons (Fsp3) is 0.0714. The largest absolute Gasteiger partial charge is 0.326 e. The van der Waals surface area contributed by atoms with Gasteiger partial charge in [0, 0.05) is 6.54 Å². The van der Waals surface area contributed by atoms with Crippen LogP contribution in [0.5, 0.6) is 0 Å². The normalized spacial score (nSPS) is 9.75. The third-order valence-corrected chi connectivity index (χ3v) is 2.53. The first kappa shape index (κ1) is 10.4. The van der Waals surface area contributed by atoms with Gasteiger partial charge in [0.15, 0.2) is 5.69 Å². The van der Waals surface area contributed by atoms with Crippen molar-refractivity contribution in [2.24, 2.45) is 5.73 Å². The number of rotatable bonds is 2. The van der Waals surface area contributed by atoms with Crippen LogP contribution in [-0.2, 0) is 6.54 Å². The molecule has 2 nitrogen and oxygen atoms in total. The van der Waals surface area contributed by atoms with E-state index in [0.29, 0.717) is 12.2 Å². The van der Waals surface area contributed by atoms with Gasteiger partial charge >= 0.3 is 0 Å². The second-order valence-corrected chi connectivity index (χ2v) is 3.53. The average Bonchev–Trinajstić information content (AvgIpc) is 2.39. The molecule has 2 N–H and O–H groups in total. The summed E-state index contributed by atoms with van der Waals surface area (Å²) in [6.45, 7) is 7.66. The molecule has 0 bridgehead atoms. The fourth-order valence-electron chi connectivity index (χ4n) is 1.64. The van der Waals surface area contributed by atoms with E-state index in [1.165, 1.54) is 0 Å². The van der Waals surface area contributed by atoms with Crippen molar-refractivity contribution >= 4 is 5.69 Å². The van der Waals surface area contributed by atoms with E-state index in [-0.39, 0.29) is 0 Å². The van der Waals surface area contributed by atoms with Crippen LogP contribution in [0.1, 0.15) is 5.56 Å². The minimum atomic E-state index is 0.546. The molecule has 0 radical (unpaired) electrons. The van der Waals surface area contributed by atoms with Gasteiger partial charge in [-0.15, -0.1) is 0 Å². The molecule has 0 unspecified atom stereocenters. The summed E-state index contributed by atoms with van der Waals surface area (Å²) >= 11 is 0. The van der Waals surface area contributed by atoms with Crippen LogP contribution in [-0.4, -0.2) is 0 Å². The maximum atomic E-state index is 7.12. The number of nitrogens with two attached hydrogens (primary N) is 1. The molecule has 2 aromatic carbocycles. The van der Waals surface area contributed by atoms with Crippen LogP contribution >= 0.6 is 0 Å². The van der Waals surface area contributed by atoms with Crippen molar-refractivity contribution < 1.29 is 0 Å². The summed E-state index contributed by atoms with van der Waals surface area (Å²) in [5.41, 5.74) is 9.36. The first-order chi connectivity index (χ1) is 7.85. The van der Waals surface area contributed by atoms with Gasteiger partial charge in [0.05, 0.1) is 6.57 Å². The molecule has 0 fully saturated rings. The van der Waals surface area contributed by atoms with Crippen LogP contribution in [0, 0.1) is 6.57 Å². The number of benzene rings is 2. The van der Waals surface area contributed by atoms with E-state index in [2.05, 4.69) is 4.85 Å². The Bertz CT molecular complexity index is 521. The molecule has 0 aromatic heterocycles. The van der Waals surface area contributed by atoms with Crippen molar-refractivity contribution in [3.8, 4) is 11.1 Å². The SMILES string of the molecule is [C-]#[N+]c1ccccc1-c1ccc(CN)cc1. The predicted molar refractivity (Wildman–Crippen MR) is 66.0 cm³/mol. The first-order valence-corrected chi connectivity index (χ1v) is 5.11. The molecule has 16 heavy (non-hydrogen) atoms. The van der Waals surface area contributed by atoms with Crippen molar-refractivity contribution in [3.63, 3.8) is 0 Å². The molecule has 2 heteroatoms. The number of hydrogen-bond donors (Lipinski definition) is 1. The van der Waals surface area contributed by atoms with Gasteiger partial charge in [-0.2, -0.15) is 0 Å². The number of para-hydroxylation sites is 1. The Kier molecular flexibility index (Phi) is 3.00. The lowest BCUT2D eigenvalue weighted by Gasteiger charge is -2.05. The standard InChI is InChI=1S/C14H12N2/c1-16-14-5-3-2-4-13(14)12-8-6-11(10-15)7-9-12/h2-9H,10,15H2. The molecule has 0 atom stereocenters. The molecule has 0 saturated carbocycles. The van der Waals surface area contributed by atoms with Crippen molar-refractivity contribution in [3.05, 3.63) is 65.5 Å². The molecule has 0 spiro atoms. The maximum Gasteiger partial charge on any atom is 0.194 e. The molecular weight excluding hydrogens is 196 g/mol. The van der Waals surface area contributed by atoms with Crippen LogP contribution in [0.3, 0.4) is 0 Å². The topological polar surface area (TPSA) is 30.4 Å². The van der Waals surface area contributed by atoms with Crippen LogP contribution in [0.15, 0.2) is 48.5 Å². The third kappa shape index (κ3) is 1.95. The Labute approximate surface area is 95.2 Å². The van der Waals surface area contributed by atoms with E-state index in [4.69, 9.17) is 12.3 Å². The molecular formula is C14H12N2. The molecule has 78 valence electrons. The zero-order valence-electron chi connectivity index (χ0n) is 8.85. The number of nitrogens with zero attached hydrogens (tertiary/aromatic N) is 1. The lowest BCUT2D eigenvalue weighted by Crippen LogP contribution is -1.95. The first-order valence-electron chi connectivity index (χ1n) is 5.11. The fourth-order valence-corrected chi connectivity index (χ4v) is 1.64. The molecule has 2 rings (SSSR count). The summed E-state index contributed by atoms with van der Waals surface area (Å²) in [5, 5.41) is 0. The van der Waals surface area contributed by atoms with Crippen molar-refractivity contribution in [1.29, 1.82) is 0 Å². The lowest BCUT2D eigenvalue weighted by atomic mass is 10.0. The molecule has 0 saturated heterocycles. The van der Waals surface area contributed by atoms with Crippen molar-refractivity contribution in [2.45, 2.75) is 6.54 Å². The van der Waals surface area contributed by atoms with Gasteiger partial charge in [-0.1, -0.05) is 48.5 Å². The summed E-state index contributed by atoms with van der Waals surface area (Å²) < 4.78 is 0. The number of hydrogen-bond acceptors (Lipinski definition) is 1. The van der Waals surface area contributed by atoms with Crippen LogP contribution in [0.4, 0.5) is 5.69 Å². The zero-order valence-corrected chi connectivity index (χ0v) is 8.85. The van der Waals surface area contributed by atoms with Crippen LogP contribution in [0.25, 0.3) is 16.0 Å². The van der Waals surface area contributed by atoms with Gasteiger partial charge in [-0.25, -0.2) is 4.85 Å². The Hall–Kier alpha value is -2.11. The van der Waals surface area contributed by atoms with Gasteiger partial charge in [0.25, 0.3) is 0 Å². The van der Waals surface area contributed by atoms with Gasteiger partial charge < -0.3 is 5.73 Å². The van der Waals surface area contributed by atoms with Gasteiger partial charge in [0.1, 0.15) is 0 Å². The molecule has 0 aliphatic rings. The van der Waals surface area contributed by atoms with E-state index >= 15 is 0 Å². The molecule has 0 heterocycles. The van der Waals surface area contributed by atoms with Crippen molar-refractivity contribution in [1.82, 2.24) is 0 Å². The Balaban J connectivity index is 2.47. The van der Waals surface area contributed by atoms with Gasteiger partial charge in [-0.3, -0.25) is 0 Å². The zero-order chi connectivity index (χ0) is 11.4. The quantitative estimate of drug-likeness (QED) is 0.753. The Morgan fingerprint density at radius 2 is 1.69 bits per heavy atom. The second-order valence-electron chi connectivity index (χ2n) is 3.53. The molecule has 0 amide bonds. The average molecular weight is 208 g/mol. The van der Waals surface area contributed by atoms with E-state index in [1.807, 2.05) is 48.5 Å². The highest BCUT2D eigenvalue weighted by Gasteiger charge is 2.03. The van der Waals surface area contributed by atoms with Crippen molar-refractivity contribution in [2.75, 3.05) is 0 Å². The Morgan fingerprint density at radius 3 is 2.31 bits per heavy atom. The Morgan fingerprint density at radius 1 is 1.00 bits per heavy atom. The minimum absolute atomic E-state index is 0.546. The lowest BCUT2D eigenvalue weighted by molar-refractivity contribution is 1.07. The minimum Gasteiger partial charge on any atom is -0.326 e. The van der Waals surface area contributed by atoms with E-state index in [0.717, 1.165) is 16.7 Å². The van der Waals surface area contributed by atoms with Gasteiger partial charge in [0.2, 0.25) is 0 Å². The van der Waals surface area contributed by atoms with Gasteiger partial charge in [-0.05, 0) is 16.7 Å². The molecule has 2 aromatic rings. The highest BCUT2D eigenvalue weighted by Crippen LogP contribution is 2.29. The smallest absolute Gasteiger partial charge is 0.194 e. The molecule has 0 aliphatic carbocycles. The highest BCUT2D eigenvalue weighted by atomic mass is 14.6. The van der Waals surface area contributed by atoms with E-state index in [1.54, 1.807) is 0 Å². The summed E-state index contributed by atoms with van der Waals surface area (Å²) in [6.07, 6.45) is 0. The summed E-state index contributed by atoms with van der Waals surface area (Å²) in [7, 11) is 0. The third-order valence-electron chi connectivity index (χ3n) is 2.53. The summed E-state index contributed by atoms with van der Waals surface area (Å²) in [5.74, 6) is 0. The second kappa shape index (κ2) is 4.61. The van der Waals surface area contributed by atoms with Crippen LogP contribution < -0.4 is 5.73 Å².